The fraction of sp³-hybridized carbons (Fsp3) is 0.375. The van der Waals surface area contributed by atoms with E-state index in [1.54, 1.807) is 0 Å². The normalized spacial score (nSPS) is 9.58. The Morgan fingerprint density at radius 1 is 0.895 bits per heavy atom. The lowest BCUT2D eigenvalue weighted by Gasteiger charge is -1.94. The van der Waals surface area contributed by atoms with Gasteiger partial charge in [0.15, 0.2) is 0 Å². The Kier molecular flexibility index (Phi) is 23.0. The van der Waals surface area contributed by atoms with E-state index < -0.39 is 0 Å². The van der Waals surface area contributed by atoms with E-state index in [0.29, 0.717) is 0 Å². The highest BCUT2D eigenvalue weighted by Crippen LogP contribution is 2.05. The molecule has 0 spiro atoms. The van der Waals surface area contributed by atoms with Crippen LogP contribution < -0.4 is 23.7 Å². The first kappa shape index (κ1) is 22.9. The SMILES string of the molecule is C1=CCC=C1.CC.CC.Cc1ccc(N[NH3+])cc1.[Cl-]. The zero-order valence-corrected chi connectivity index (χ0v) is 13.7. The molecule has 0 unspecified atom stereocenters. The van der Waals surface area contributed by atoms with E-state index in [1.807, 2.05) is 52.0 Å². The summed E-state index contributed by atoms with van der Waals surface area (Å²) in [6.45, 7) is 10.1. The molecule has 0 saturated carbocycles. The molecular formula is C16H29ClN2. The van der Waals surface area contributed by atoms with Crippen LogP contribution in [-0.2, 0) is 0 Å². The summed E-state index contributed by atoms with van der Waals surface area (Å²) in [5.74, 6) is 3.54. The van der Waals surface area contributed by atoms with Gasteiger partial charge in [-0.05, 0) is 25.5 Å². The van der Waals surface area contributed by atoms with E-state index in [1.165, 1.54) is 5.56 Å². The zero-order chi connectivity index (χ0) is 14.2. The maximum absolute atomic E-state index is 3.54. The van der Waals surface area contributed by atoms with Gasteiger partial charge in [0, 0.05) is 0 Å². The molecule has 1 aliphatic carbocycles. The molecule has 1 aromatic rings. The van der Waals surface area contributed by atoms with Crippen LogP contribution in [0, 0.1) is 6.92 Å². The summed E-state index contributed by atoms with van der Waals surface area (Å²) in [6.07, 6.45) is 9.50. The molecule has 110 valence electrons. The molecule has 0 aromatic heterocycles. The largest absolute Gasteiger partial charge is 1.00 e. The Balaban J connectivity index is -0.000000220. The molecule has 0 bridgehead atoms. The first-order valence-corrected chi connectivity index (χ1v) is 6.74. The predicted octanol–water partition coefficient (Wildman–Crippen LogP) is 1.12. The lowest BCUT2D eigenvalue weighted by Crippen LogP contribution is -3.00. The van der Waals surface area contributed by atoms with Crippen LogP contribution in [0.15, 0.2) is 48.6 Å². The molecule has 0 amide bonds. The number of quaternary nitrogens is 1. The number of hydrogen-bond acceptors (Lipinski definition) is 1. The van der Waals surface area contributed by atoms with E-state index in [2.05, 4.69) is 42.5 Å². The van der Waals surface area contributed by atoms with Crippen LogP contribution in [0.5, 0.6) is 0 Å². The first-order valence-electron chi connectivity index (χ1n) is 6.74. The van der Waals surface area contributed by atoms with E-state index in [4.69, 9.17) is 0 Å². The number of benzene rings is 1. The van der Waals surface area contributed by atoms with Crippen molar-refractivity contribution in [2.45, 2.75) is 41.0 Å². The average molecular weight is 285 g/mol. The molecule has 1 aliphatic rings. The Hall–Kier alpha value is -1.25. The van der Waals surface area contributed by atoms with Crippen LogP contribution >= 0.6 is 0 Å². The molecular weight excluding hydrogens is 256 g/mol. The fourth-order valence-electron chi connectivity index (χ4n) is 1.06. The summed E-state index contributed by atoms with van der Waals surface area (Å²) in [5.41, 5.74) is 5.13. The average Bonchev–Trinajstić information content (AvgIpc) is 3.03. The molecule has 2 nitrogen and oxygen atoms in total. The quantitative estimate of drug-likeness (QED) is 0.746. The number of halogens is 1. The molecule has 0 fully saturated rings. The van der Waals surface area contributed by atoms with Crippen molar-refractivity contribution in [2.24, 2.45) is 0 Å². The van der Waals surface area contributed by atoms with Crippen molar-refractivity contribution in [3.05, 3.63) is 54.1 Å². The summed E-state index contributed by atoms with van der Waals surface area (Å²) < 4.78 is 0. The van der Waals surface area contributed by atoms with Crippen molar-refractivity contribution in [3.63, 3.8) is 0 Å². The molecule has 3 heteroatoms. The molecule has 2 rings (SSSR count). The van der Waals surface area contributed by atoms with Crippen molar-refractivity contribution < 1.29 is 18.2 Å². The van der Waals surface area contributed by atoms with Crippen LogP contribution in [0.2, 0.25) is 0 Å². The lowest BCUT2D eigenvalue weighted by atomic mass is 10.2. The molecule has 0 heterocycles. The first-order chi connectivity index (χ1) is 8.83. The van der Waals surface area contributed by atoms with Gasteiger partial charge in [-0.15, -0.1) is 0 Å². The lowest BCUT2D eigenvalue weighted by molar-refractivity contribution is -0.325. The summed E-state index contributed by atoms with van der Waals surface area (Å²) in [5, 5.41) is 0. The van der Waals surface area contributed by atoms with Crippen molar-refractivity contribution in [1.29, 1.82) is 0 Å². The molecule has 0 saturated heterocycles. The van der Waals surface area contributed by atoms with E-state index in [9.17, 15) is 0 Å². The van der Waals surface area contributed by atoms with Gasteiger partial charge in [-0.25, -0.2) is 5.43 Å². The maximum atomic E-state index is 3.54. The Morgan fingerprint density at radius 3 is 1.58 bits per heavy atom. The van der Waals surface area contributed by atoms with Crippen LogP contribution in [0.1, 0.15) is 39.7 Å². The molecule has 0 radical (unpaired) electrons. The Bertz CT molecular complexity index is 306. The van der Waals surface area contributed by atoms with Crippen LogP contribution in [0.4, 0.5) is 5.69 Å². The molecule has 0 atom stereocenters. The van der Waals surface area contributed by atoms with Gasteiger partial charge in [-0.1, -0.05) is 69.7 Å². The van der Waals surface area contributed by atoms with E-state index in [0.717, 1.165) is 12.1 Å². The fourth-order valence-corrected chi connectivity index (χ4v) is 1.06. The van der Waals surface area contributed by atoms with Gasteiger partial charge in [-0.2, -0.15) is 0 Å². The van der Waals surface area contributed by atoms with Gasteiger partial charge < -0.3 is 12.4 Å². The predicted molar refractivity (Wildman–Crippen MR) is 83.3 cm³/mol. The van der Waals surface area contributed by atoms with Crippen molar-refractivity contribution in [3.8, 4) is 0 Å². The molecule has 0 aliphatic heterocycles. The van der Waals surface area contributed by atoms with Gasteiger partial charge in [0.1, 0.15) is 0 Å². The number of anilines is 1. The minimum Gasteiger partial charge on any atom is -1.00 e. The van der Waals surface area contributed by atoms with Crippen LogP contribution in [-0.4, -0.2) is 0 Å². The Morgan fingerprint density at radius 2 is 1.32 bits per heavy atom. The topological polar surface area (TPSA) is 39.7 Å². The monoisotopic (exact) mass is 284 g/mol. The smallest absolute Gasteiger partial charge is 0.0847 e. The van der Waals surface area contributed by atoms with E-state index in [-0.39, 0.29) is 12.4 Å². The molecule has 1 aromatic carbocycles. The third-order valence-electron chi connectivity index (χ3n) is 1.91. The van der Waals surface area contributed by atoms with Gasteiger partial charge in [0.05, 0.1) is 5.69 Å². The number of nitrogens with one attached hydrogen (secondary N) is 1. The van der Waals surface area contributed by atoms with Crippen molar-refractivity contribution in [1.82, 2.24) is 0 Å². The second-order valence-electron chi connectivity index (χ2n) is 3.13. The number of aryl methyl sites for hydroxylation is 1. The summed E-state index contributed by atoms with van der Waals surface area (Å²) in [4.78, 5) is 0. The standard InChI is InChI=1S/C7H10N2.C5H6.2C2H6.ClH/c1-6-2-4-7(9-8)5-3-6;1-2-4-5-3-1;2*1-2;/h2-5,9H,8H2,1H3;1-4H,5H2;2*1-2H3;1H. The van der Waals surface area contributed by atoms with Gasteiger partial charge in [-0.3, -0.25) is 5.84 Å². The number of hydrogen-bond donors (Lipinski definition) is 2. The zero-order valence-electron chi connectivity index (χ0n) is 12.9. The Labute approximate surface area is 125 Å². The molecule has 19 heavy (non-hydrogen) atoms. The van der Waals surface area contributed by atoms with Crippen LogP contribution in [0.25, 0.3) is 0 Å². The third-order valence-corrected chi connectivity index (χ3v) is 1.91. The third kappa shape index (κ3) is 14.7. The second kappa shape index (κ2) is 19.1. The van der Waals surface area contributed by atoms with Gasteiger partial charge >= 0.3 is 0 Å². The number of allylic oxidation sites excluding steroid dienone is 4. The van der Waals surface area contributed by atoms with E-state index >= 15 is 0 Å². The molecule has 4 N–H and O–H groups in total. The highest BCUT2D eigenvalue weighted by Gasteiger charge is 1.85. The minimum atomic E-state index is 0. The summed E-state index contributed by atoms with van der Waals surface area (Å²) in [7, 11) is 0. The van der Waals surface area contributed by atoms with Crippen molar-refractivity contribution in [2.75, 3.05) is 5.43 Å². The van der Waals surface area contributed by atoms with Gasteiger partial charge in [0.2, 0.25) is 0 Å². The highest BCUT2D eigenvalue weighted by molar-refractivity contribution is 5.41. The maximum Gasteiger partial charge on any atom is 0.0847 e. The minimum absolute atomic E-state index is 0. The summed E-state index contributed by atoms with van der Waals surface area (Å²) in [6, 6.07) is 8.10. The highest BCUT2D eigenvalue weighted by atomic mass is 35.5. The summed E-state index contributed by atoms with van der Waals surface area (Å²) >= 11 is 0. The second-order valence-corrected chi connectivity index (χ2v) is 3.13. The van der Waals surface area contributed by atoms with Crippen LogP contribution in [0.3, 0.4) is 0 Å². The van der Waals surface area contributed by atoms with Crippen molar-refractivity contribution >= 4 is 5.69 Å². The van der Waals surface area contributed by atoms with Gasteiger partial charge in [0.25, 0.3) is 0 Å². The number of rotatable bonds is 1.